The first-order valence-electron chi connectivity index (χ1n) is 9.78. The van der Waals surface area contributed by atoms with Crippen molar-refractivity contribution in [1.29, 1.82) is 0 Å². The molecule has 1 saturated heterocycles. The number of anilines is 2. The van der Waals surface area contributed by atoms with Crippen LogP contribution in [0.15, 0.2) is 41.8 Å². The van der Waals surface area contributed by atoms with Crippen molar-refractivity contribution in [2.24, 2.45) is 0 Å². The highest BCUT2D eigenvalue weighted by Crippen LogP contribution is 2.37. The van der Waals surface area contributed by atoms with Gasteiger partial charge >= 0.3 is 0 Å². The molecule has 0 unspecified atom stereocenters. The van der Waals surface area contributed by atoms with Crippen molar-refractivity contribution in [3.05, 3.63) is 58.7 Å². The molecular formula is C22H26N4O2S. The van der Waals surface area contributed by atoms with Crippen LogP contribution in [0.5, 0.6) is 11.5 Å². The number of nitrogens with one attached hydrogen (secondary N) is 1. The predicted octanol–water partition coefficient (Wildman–Crippen LogP) is 4.94. The van der Waals surface area contributed by atoms with E-state index in [9.17, 15) is 0 Å². The van der Waals surface area contributed by atoms with E-state index in [-0.39, 0.29) is 6.04 Å². The van der Waals surface area contributed by atoms with Crippen LogP contribution in [0.2, 0.25) is 0 Å². The first kappa shape index (κ1) is 19.7. The number of aromatic nitrogens is 2. The fourth-order valence-corrected chi connectivity index (χ4v) is 4.56. The summed E-state index contributed by atoms with van der Waals surface area (Å²) in [6.07, 6.45) is 2.23. The van der Waals surface area contributed by atoms with E-state index in [4.69, 9.17) is 14.5 Å². The molecular weight excluding hydrogens is 384 g/mol. The molecule has 2 aromatic heterocycles. The number of ether oxygens (including phenoxy) is 2. The molecule has 0 saturated carbocycles. The summed E-state index contributed by atoms with van der Waals surface area (Å²) in [7, 11) is 3.41. The van der Waals surface area contributed by atoms with Crippen molar-refractivity contribution < 1.29 is 9.47 Å². The molecule has 7 heteroatoms. The van der Waals surface area contributed by atoms with E-state index in [1.807, 2.05) is 36.6 Å². The maximum absolute atomic E-state index is 5.59. The topological polar surface area (TPSA) is 59.5 Å². The van der Waals surface area contributed by atoms with Crippen LogP contribution in [0.25, 0.3) is 0 Å². The Morgan fingerprint density at radius 1 is 1.10 bits per heavy atom. The Bertz CT molecular complexity index is 953. The van der Waals surface area contributed by atoms with Crippen LogP contribution in [0.3, 0.4) is 0 Å². The van der Waals surface area contributed by atoms with Gasteiger partial charge in [0, 0.05) is 11.9 Å². The van der Waals surface area contributed by atoms with Crippen LogP contribution in [0, 0.1) is 6.92 Å². The van der Waals surface area contributed by atoms with E-state index in [1.165, 1.54) is 0 Å². The SMILES string of the molecule is COc1cccc(OC)c1CN1CCC[C@H]1c1cccc(Nc2nc(C)cs2)n1. The zero-order chi connectivity index (χ0) is 20.2. The van der Waals surface area contributed by atoms with E-state index >= 15 is 0 Å². The fraction of sp³-hybridized carbons (Fsp3) is 0.364. The van der Waals surface area contributed by atoms with Gasteiger partial charge in [0.05, 0.1) is 37.2 Å². The number of hydrogen-bond acceptors (Lipinski definition) is 7. The van der Waals surface area contributed by atoms with Gasteiger partial charge in [-0.25, -0.2) is 9.97 Å². The maximum Gasteiger partial charge on any atom is 0.188 e. The molecule has 1 atom stereocenters. The standard InChI is InChI=1S/C22H26N4O2S/c1-15-14-29-22(23-15)25-21-11-4-7-17(24-21)18-8-6-12-26(18)13-16-19(27-2)9-5-10-20(16)28-3/h4-5,7,9-11,14,18H,6,8,12-13H2,1-3H3,(H,23,24,25)/t18-/m0/s1. The molecule has 152 valence electrons. The first-order chi connectivity index (χ1) is 14.2. The zero-order valence-electron chi connectivity index (χ0n) is 17.0. The van der Waals surface area contributed by atoms with Crippen LogP contribution < -0.4 is 14.8 Å². The average molecular weight is 411 g/mol. The van der Waals surface area contributed by atoms with E-state index in [0.717, 1.165) is 65.3 Å². The second kappa shape index (κ2) is 8.80. The van der Waals surface area contributed by atoms with Crippen LogP contribution >= 0.6 is 11.3 Å². The van der Waals surface area contributed by atoms with Crippen molar-refractivity contribution in [3.8, 4) is 11.5 Å². The smallest absolute Gasteiger partial charge is 0.188 e. The largest absolute Gasteiger partial charge is 0.496 e. The minimum absolute atomic E-state index is 0.268. The highest BCUT2D eigenvalue weighted by molar-refractivity contribution is 7.13. The van der Waals surface area contributed by atoms with Crippen LogP contribution in [0.4, 0.5) is 10.9 Å². The molecule has 1 fully saturated rings. The van der Waals surface area contributed by atoms with Crippen LogP contribution in [-0.2, 0) is 6.54 Å². The average Bonchev–Trinajstić information content (AvgIpc) is 3.37. The summed E-state index contributed by atoms with van der Waals surface area (Å²) < 4.78 is 11.2. The summed E-state index contributed by atoms with van der Waals surface area (Å²) in [6, 6.07) is 12.4. The number of benzene rings is 1. The lowest BCUT2D eigenvalue weighted by Crippen LogP contribution is -2.24. The van der Waals surface area contributed by atoms with Crippen molar-refractivity contribution >= 4 is 22.3 Å². The molecule has 0 radical (unpaired) electrons. The number of hydrogen-bond donors (Lipinski definition) is 1. The van der Waals surface area contributed by atoms with Crippen molar-refractivity contribution in [2.45, 2.75) is 32.4 Å². The van der Waals surface area contributed by atoms with E-state index < -0.39 is 0 Å². The third-order valence-corrected chi connectivity index (χ3v) is 6.10. The molecule has 29 heavy (non-hydrogen) atoms. The lowest BCUT2D eigenvalue weighted by atomic mass is 10.1. The Kier molecular flexibility index (Phi) is 5.97. The number of pyridine rings is 1. The second-order valence-electron chi connectivity index (χ2n) is 7.14. The van der Waals surface area contributed by atoms with E-state index in [1.54, 1.807) is 25.6 Å². The van der Waals surface area contributed by atoms with E-state index in [0.29, 0.717) is 0 Å². The van der Waals surface area contributed by atoms with Gasteiger partial charge in [-0.2, -0.15) is 0 Å². The highest BCUT2D eigenvalue weighted by Gasteiger charge is 2.29. The van der Waals surface area contributed by atoms with Crippen LogP contribution in [-0.4, -0.2) is 35.6 Å². The quantitative estimate of drug-likeness (QED) is 0.595. The van der Waals surface area contributed by atoms with Gasteiger partial charge in [0.25, 0.3) is 0 Å². The Balaban J connectivity index is 1.55. The van der Waals surface area contributed by atoms with E-state index in [2.05, 4.69) is 27.3 Å². The Morgan fingerprint density at radius 2 is 1.86 bits per heavy atom. The summed E-state index contributed by atoms with van der Waals surface area (Å²) in [6.45, 7) is 3.79. The number of nitrogens with zero attached hydrogens (tertiary/aromatic N) is 3. The molecule has 0 amide bonds. The van der Waals surface area contributed by atoms with Gasteiger partial charge in [0.15, 0.2) is 5.13 Å². The van der Waals surface area contributed by atoms with Gasteiger partial charge in [-0.1, -0.05) is 12.1 Å². The molecule has 0 bridgehead atoms. The molecule has 1 aromatic carbocycles. The summed E-state index contributed by atoms with van der Waals surface area (Å²) in [5, 5.41) is 6.23. The van der Waals surface area contributed by atoms with Gasteiger partial charge < -0.3 is 14.8 Å². The normalized spacial score (nSPS) is 16.7. The van der Waals surface area contributed by atoms with Crippen molar-refractivity contribution in [2.75, 3.05) is 26.1 Å². The lowest BCUT2D eigenvalue weighted by molar-refractivity contribution is 0.236. The predicted molar refractivity (Wildman–Crippen MR) is 116 cm³/mol. The molecule has 3 heterocycles. The molecule has 0 spiro atoms. The second-order valence-corrected chi connectivity index (χ2v) is 7.99. The van der Waals surface area contributed by atoms with Gasteiger partial charge in [-0.3, -0.25) is 4.90 Å². The fourth-order valence-electron chi connectivity index (χ4n) is 3.86. The number of thiazole rings is 1. The molecule has 6 nitrogen and oxygen atoms in total. The minimum Gasteiger partial charge on any atom is -0.496 e. The molecule has 1 aliphatic heterocycles. The molecule has 1 N–H and O–H groups in total. The van der Waals surface area contributed by atoms with Crippen LogP contribution in [0.1, 0.15) is 35.8 Å². The molecule has 1 aliphatic rings. The third-order valence-electron chi connectivity index (χ3n) is 5.22. The number of aryl methyl sites for hydroxylation is 1. The highest BCUT2D eigenvalue weighted by atomic mass is 32.1. The van der Waals surface area contributed by atoms with Gasteiger partial charge in [0.1, 0.15) is 17.3 Å². The summed E-state index contributed by atoms with van der Waals surface area (Å²) in [4.78, 5) is 11.8. The Morgan fingerprint density at radius 3 is 2.55 bits per heavy atom. The lowest BCUT2D eigenvalue weighted by Gasteiger charge is -2.26. The Hall–Kier alpha value is -2.64. The third kappa shape index (κ3) is 4.36. The first-order valence-corrected chi connectivity index (χ1v) is 10.7. The van der Waals surface area contributed by atoms with Crippen molar-refractivity contribution in [3.63, 3.8) is 0 Å². The molecule has 0 aliphatic carbocycles. The maximum atomic E-state index is 5.59. The summed E-state index contributed by atoms with van der Waals surface area (Å²) in [5.74, 6) is 2.55. The van der Waals surface area contributed by atoms with Gasteiger partial charge in [0.2, 0.25) is 0 Å². The van der Waals surface area contributed by atoms with Crippen molar-refractivity contribution in [1.82, 2.24) is 14.9 Å². The summed E-state index contributed by atoms with van der Waals surface area (Å²) in [5.41, 5.74) is 3.17. The molecule has 4 rings (SSSR count). The number of methoxy groups -OCH3 is 2. The minimum atomic E-state index is 0.268. The number of likely N-dealkylation sites (tertiary alicyclic amines) is 1. The monoisotopic (exact) mass is 410 g/mol. The number of rotatable bonds is 7. The zero-order valence-corrected chi connectivity index (χ0v) is 17.8. The van der Waals surface area contributed by atoms with Gasteiger partial charge in [-0.05, 0) is 50.6 Å². The summed E-state index contributed by atoms with van der Waals surface area (Å²) >= 11 is 1.59. The Labute approximate surface area is 175 Å². The molecule has 3 aromatic rings. The van der Waals surface area contributed by atoms with Gasteiger partial charge in [-0.15, -0.1) is 11.3 Å².